The van der Waals surface area contributed by atoms with E-state index in [1.807, 2.05) is 24.3 Å². The number of amides is 1. The van der Waals surface area contributed by atoms with Crippen LogP contribution in [0.3, 0.4) is 0 Å². The van der Waals surface area contributed by atoms with Gasteiger partial charge in [-0.1, -0.05) is 40.2 Å². The van der Waals surface area contributed by atoms with Crippen LogP contribution in [0, 0.1) is 11.6 Å². The first-order valence-corrected chi connectivity index (χ1v) is 7.18. The molecule has 0 unspecified atom stereocenters. The van der Waals surface area contributed by atoms with E-state index < -0.39 is 11.6 Å². The van der Waals surface area contributed by atoms with Crippen LogP contribution in [-0.4, -0.2) is 17.9 Å². The molecule has 2 aromatic carbocycles. The van der Waals surface area contributed by atoms with Crippen LogP contribution in [0.2, 0.25) is 0 Å². The maximum atomic E-state index is 13.5. The molecular weight excluding hydrogens is 340 g/mol. The Balaban J connectivity index is 2.04. The van der Waals surface area contributed by atoms with Crippen LogP contribution in [0.5, 0.6) is 0 Å². The molecule has 5 heteroatoms. The maximum Gasteiger partial charge on any atom is 0.227 e. The molecule has 1 amide bonds. The van der Waals surface area contributed by atoms with Crippen molar-refractivity contribution < 1.29 is 13.6 Å². The fourth-order valence-corrected chi connectivity index (χ4v) is 2.34. The van der Waals surface area contributed by atoms with Gasteiger partial charge in [0.05, 0.1) is 6.42 Å². The van der Waals surface area contributed by atoms with Crippen molar-refractivity contribution in [1.29, 1.82) is 0 Å². The van der Waals surface area contributed by atoms with Gasteiger partial charge in [0.1, 0.15) is 11.6 Å². The number of carbonyl (C=O) groups excluding carboxylic acids is 1. The Morgan fingerprint density at radius 2 is 1.86 bits per heavy atom. The summed E-state index contributed by atoms with van der Waals surface area (Å²) in [5.41, 5.74) is 1.16. The van der Waals surface area contributed by atoms with Gasteiger partial charge in [0.2, 0.25) is 5.91 Å². The molecule has 0 aliphatic rings. The van der Waals surface area contributed by atoms with Crippen LogP contribution < -0.4 is 0 Å². The van der Waals surface area contributed by atoms with Crippen LogP contribution >= 0.6 is 15.9 Å². The molecule has 0 atom stereocenters. The lowest BCUT2D eigenvalue weighted by Crippen LogP contribution is -2.28. The highest BCUT2D eigenvalue weighted by atomic mass is 79.9. The molecule has 0 bridgehead atoms. The monoisotopic (exact) mass is 353 g/mol. The molecule has 0 N–H and O–H groups in total. The van der Waals surface area contributed by atoms with Crippen molar-refractivity contribution in [2.45, 2.75) is 13.0 Å². The third-order valence-corrected chi connectivity index (χ3v) is 3.92. The van der Waals surface area contributed by atoms with Gasteiger partial charge in [0, 0.05) is 24.1 Å². The molecule has 21 heavy (non-hydrogen) atoms. The second kappa shape index (κ2) is 6.80. The Morgan fingerprint density at radius 3 is 2.52 bits per heavy atom. The van der Waals surface area contributed by atoms with E-state index in [4.69, 9.17) is 0 Å². The lowest BCUT2D eigenvalue weighted by atomic mass is 10.1. The average Bonchev–Trinajstić information content (AvgIpc) is 2.44. The number of carbonyl (C=O) groups is 1. The first-order chi connectivity index (χ1) is 9.97. The zero-order valence-corrected chi connectivity index (χ0v) is 13.0. The molecule has 2 nitrogen and oxygen atoms in total. The molecule has 0 saturated carbocycles. The summed E-state index contributed by atoms with van der Waals surface area (Å²) in [6.07, 6.45) is -0.0902. The molecule has 0 aromatic heterocycles. The van der Waals surface area contributed by atoms with E-state index in [0.717, 1.165) is 22.2 Å². The van der Waals surface area contributed by atoms with E-state index in [0.29, 0.717) is 6.54 Å². The SMILES string of the molecule is CN(Cc1ccccc1Br)C(=O)Cc1ccc(F)cc1F. The minimum atomic E-state index is -0.697. The van der Waals surface area contributed by atoms with Crippen molar-refractivity contribution in [3.63, 3.8) is 0 Å². The molecule has 0 spiro atoms. The van der Waals surface area contributed by atoms with Crippen molar-refractivity contribution in [2.75, 3.05) is 7.05 Å². The fourth-order valence-electron chi connectivity index (χ4n) is 1.93. The molecule has 2 aromatic rings. The molecule has 0 fully saturated rings. The largest absolute Gasteiger partial charge is 0.341 e. The van der Waals surface area contributed by atoms with Gasteiger partial charge in [0.25, 0.3) is 0 Å². The zero-order valence-electron chi connectivity index (χ0n) is 11.4. The number of rotatable bonds is 4. The van der Waals surface area contributed by atoms with Crippen molar-refractivity contribution in [1.82, 2.24) is 4.90 Å². The van der Waals surface area contributed by atoms with Gasteiger partial charge in [-0.2, -0.15) is 0 Å². The predicted octanol–water partition coefficient (Wildman–Crippen LogP) is 3.93. The van der Waals surface area contributed by atoms with Gasteiger partial charge < -0.3 is 4.90 Å². The van der Waals surface area contributed by atoms with Crippen molar-refractivity contribution in [2.24, 2.45) is 0 Å². The highest BCUT2D eigenvalue weighted by Gasteiger charge is 2.14. The number of hydrogen-bond acceptors (Lipinski definition) is 1. The van der Waals surface area contributed by atoms with E-state index in [-0.39, 0.29) is 17.9 Å². The summed E-state index contributed by atoms with van der Waals surface area (Å²) in [5, 5.41) is 0. The van der Waals surface area contributed by atoms with E-state index >= 15 is 0 Å². The number of likely N-dealkylation sites (N-methyl/N-ethyl adjacent to an activating group) is 1. The number of halogens is 3. The maximum absolute atomic E-state index is 13.5. The van der Waals surface area contributed by atoms with Gasteiger partial charge in [-0.25, -0.2) is 8.78 Å². The number of nitrogens with zero attached hydrogens (tertiary/aromatic N) is 1. The van der Waals surface area contributed by atoms with Gasteiger partial charge in [-0.15, -0.1) is 0 Å². The van der Waals surface area contributed by atoms with Gasteiger partial charge in [-0.05, 0) is 23.3 Å². The molecule has 0 aliphatic carbocycles. The normalized spacial score (nSPS) is 10.5. The summed E-state index contributed by atoms with van der Waals surface area (Å²) in [5.74, 6) is -1.57. The van der Waals surface area contributed by atoms with E-state index in [2.05, 4.69) is 15.9 Å². The first-order valence-electron chi connectivity index (χ1n) is 6.38. The average molecular weight is 354 g/mol. The lowest BCUT2D eigenvalue weighted by molar-refractivity contribution is -0.129. The summed E-state index contributed by atoms with van der Waals surface area (Å²) in [4.78, 5) is 13.6. The van der Waals surface area contributed by atoms with Crippen LogP contribution in [-0.2, 0) is 17.8 Å². The molecule has 0 heterocycles. The highest BCUT2D eigenvalue weighted by Crippen LogP contribution is 2.18. The van der Waals surface area contributed by atoms with Gasteiger partial charge in [-0.3, -0.25) is 4.79 Å². The van der Waals surface area contributed by atoms with Crippen LogP contribution in [0.25, 0.3) is 0 Å². The minimum absolute atomic E-state index is 0.0902. The van der Waals surface area contributed by atoms with Crippen LogP contribution in [0.4, 0.5) is 8.78 Å². The Bertz CT molecular complexity index is 660. The Hall–Kier alpha value is -1.75. The fraction of sp³-hybridized carbons (Fsp3) is 0.188. The topological polar surface area (TPSA) is 20.3 Å². The highest BCUT2D eigenvalue weighted by molar-refractivity contribution is 9.10. The summed E-state index contributed by atoms with van der Waals surface area (Å²) in [6.45, 7) is 0.420. The smallest absolute Gasteiger partial charge is 0.227 e. The van der Waals surface area contributed by atoms with E-state index in [9.17, 15) is 13.6 Å². The Kier molecular flexibility index (Phi) is 5.07. The summed E-state index contributed by atoms with van der Waals surface area (Å²) in [7, 11) is 1.66. The van der Waals surface area contributed by atoms with Crippen molar-refractivity contribution >= 4 is 21.8 Å². The third kappa shape index (κ3) is 4.11. The first kappa shape index (κ1) is 15.6. The Labute approximate surface area is 130 Å². The van der Waals surface area contributed by atoms with Gasteiger partial charge >= 0.3 is 0 Å². The number of benzene rings is 2. The molecule has 2 rings (SSSR count). The van der Waals surface area contributed by atoms with Crippen LogP contribution in [0.1, 0.15) is 11.1 Å². The lowest BCUT2D eigenvalue weighted by Gasteiger charge is -2.18. The second-order valence-corrected chi connectivity index (χ2v) is 5.61. The van der Waals surface area contributed by atoms with Crippen molar-refractivity contribution in [3.05, 3.63) is 69.7 Å². The van der Waals surface area contributed by atoms with Crippen molar-refractivity contribution in [3.8, 4) is 0 Å². The summed E-state index contributed by atoms with van der Waals surface area (Å²) < 4.78 is 27.3. The summed E-state index contributed by atoms with van der Waals surface area (Å²) >= 11 is 3.42. The quantitative estimate of drug-likeness (QED) is 0.815. The molecule has 0 aliphatic heterocycles. The van der Waals surface area contributed by atoms with E-state index in [1.165, 1.54) is 11.0 Å². The molecule has 110 valence electrons. The van der Waals surface area contributed by atoms with Gasteiger partial charge in [0.15, 0.2) is 0 Å². The Morgan fingerprint density at radius 1 is 1.14 bits per heavy atom. The summed E-state index contributed by atoms with van der Waals surface area (Å²) in [6, 6.07) is 10.8. The molecule has 0 saturated heterocycles. The zero-order chi connectivity index (χ0) is 15.4. The third-order valence-electron chi connectivity index (χ3n) is 3.15. The minimum Gasteiger partial charge on any atom is -0.341 e. The standard InChI is InChI=1S/C16H14BrF2NO/c1-20(10-12-4-2-3-5-14(12)17)16(21)8-11-6-7-13(18)9-15(11)19/h2-7,9H,8,10H2,1H3. The predicted molar refractivity (Wildman–Crippen MR) is 80.7 cm³/mol. The number of hydrogen-bond donors (Lipinski definition) is 0. The molecular formula is C16H14BrF2NO. The molecule has 0 radical (unpaired) electrons. The van der Waals surface area contributed by atoms with Crippen LogP contribution in [0.15, 0.2) is 46.9 Å². The second-order valence-electron chi connectivity index (χ2n) is 4.75. The van der Waals surface area contributed by atoms with E-state index in [1.54, 1.807) is 7.05 Å².